The third-order valence-corrected chi connectivity index (χ3v) is 6.70. The molecule has 0 saturated heterocycles. The minimum absolute atomic E-state index is 0.317. The number of carbonyl (C=O) groups is 1. The third-order valence-electron chi connectivity index (χ3n) is 6.70. The molecule has 0 fully saturated rings. The van der Waals surface area contributed by atoms with Crippen LogP contribution in [-0.2, 0) is 10.3 Å². The van der Waals surface area contributed by atoms with E-state index in [1.54, 1.807) is 6.20 Å². The Morgan fingerprint density at radius 3 is 2.12 bits per heavy atom. The molecule has 5 heteroatoms. The van der Waals surface area contributed by atoms with Gasteiger partial charge in [-0.05, 0) is 57.3 Å². The number of hydrogen-bond donors (Lipinski definition) is 0. The molecule has 3 aromatic carbocycles. The number of esters is 1. The lowest BCUT2D eigenvalue weighted by Crippen LogP contribution is -2.33. The van der Waals surface area contributed by atoms with E-state index in [1.165, 1.54) is 0 Å². The van der Waals surface area contributed by atoms with Gasteiger partial charge in [0.05, 0.1) is 5.56 Å². The molecular formula is C28H28N2O3. The third kappa shape index (κ3) is 3.03. The van der Waals surface area contributed by atoms with Gasteiger partial charge in [0.25, 0.3) is 0 Å². The van der Waals surface area contributed by atoms with E-state index in [4.69, 9.17) is 9.47 Å². The van der Waals surface area contributed by atoms with E-state index in [1.807, 2.05) is 53.4 Å². The summed E-state index contributed by atoms with van der Waals surface area (Å²) in [6.07, 6.45) is 1.80. The van der Waals surface area contributed by atoms with Crippen molar-refractivity contribution < 1.29 is 14.3 Å². The molecular weight excluding hydrogens is 412 g/mol. The number of benzene rings is 3. The maximum atomic E-state index is 13.0. The lowest BCUT2D eigenvalue weighted by molar-refractivity contribution is 0.0224. The van der Waals surface area contributed by atoms with Crippen LogP contribution in [0.2, 0.25) is 0 Å². The SMILES string of the molecule is C=CN(CC)c1ccc2c(c1)Oc1cc(N(CC)CC)ccc1C21OC(=O)c2ccccc21. The van der Waals surface area contributed by atoms with Crippen LogP contribution in [0.25, 0.3) is 0 Å². The second-order valence-electron chi connectivity index (χ2n) is 8.22. The van der Waals surface area contributed by atoms with Gasteiger partial charge in [-0.2, -0.15) is 0 Å². The Hall–Kier alpha value is -3.73. The first-order valence-corrected chi connectivity index (χ1v) is 11.5. The smallest absolute Gasteiger partial charge is 0.340 e. The van der Waals surface area contributed by atoms with E-state index < -0.39 is 5.60 Å². The molecule has 5 rings (SSSR count). The van der Waals surface area contributed by atoms with Crippen LogP contribution < -0.4 is 14.5 Å². The van der Waals surface area contributed by atoms with Crippen molar-refractivity contribution in [2.24, 2.45) is 0 Å². The van der Waals surface area contributed by atoms with E-state index in [-0.39, 0.29) is 5.97 Å². The molecule has 2 aliphatic rings. The first kappa shape index (κ1) is 21.1. The second kappa shape index (κ2) is 8.00. The molecule has 0 aromatic heterocycles. The van der Waals surface area contributed by atoms with Crippen LogP contribution in [0.4, 0.5) is 11.4 Å². The Balaban J connectivity index is 1.77. The average Bonchev–Trinajstić information content (AvgIpc) is 3.13. The highest BCUT2D eigenvalue weighted by atomic mass is 16.6. The van der Waals surface area contributed by atoms with E-state index in [0.717, 1.165) is 47.7 Å². The van der Waals surface area contributed by atoms with Crippen LogP contribution in [0.1, 0.15) is 47.8 Å². The Morgan fingerprint density at radius 1 is 0.848 bits per heavy atom. The summed E-state index contributed by atoms with van der Waals surface area (Å²) in [5.41, 5.74) is 4.12. The van der Waals surface area contributed by atoms with Crippen LogP contribution >= 0.6 is 0 Å². The average molecular weight is 441 g/mol. The molecule has 0 N–H and O–H groups in total. The lowest BCUT2D eigenvalue weighted by Gasteiger charge is -2.37. The molecule has 0 bridgehead atoms. The van der Waals surface area contributed by atoms with Gasteiger partial charge in [0, 0.05) is 59.8 Å². The molecule has 1 unspecified atom stereocenters. The summed E-state index contributed by atoms with van der Waals surface area (Å²) in [6.45, 7) is 12.8. The van der Waals surface area contributed by atoms with E-state index in [0.29, 0.717) is 17.1 Å². The molecule has 0 aliphatic carbocycles. The quantitative estimate of drug-likeness (QED) is 0.435. The summed E-state index contributed by atoms with van der Waals surface area (Å²) in [5, 5.41) is 0. The van der Waals surface area contributed by atoms with Crippen molar-refractivity contribution in [3.63, 3.8) is 0 Å². The van der Waals surface area contributed by atoms with Crippen molar-refractivity contribution in [2.45, 2.75) is 26.4 Å². The molecule has 5 nitrogen and oxygen atoms in total. The predicted octanol–water partition coefficient (Wildman–Crippen LogP) is 6.07. The van der Waals surface area contributed by atoms with Gasteiger partial charge in [-0.15, -0.1) is 0 Å². The number of fused-ring (bicyclic) bond motifs is 6. The highest BCUT2D eigenvalue weighted by molar-refractivity contribution is 5.97. The van der Waals surface area contributed by atoms with Crippen LogP contribution in [0, 0.1) is 0 Å². The fourth-order valence-electron chi connectivity index (χ4n) is 5.03. The summed E-state index contributed by atoms with van der Waals surface area (Å²) in [7, 11) is 0. The Bertz CT molecular complexity index is 1250. The van der Waals surface area contributed by atoms with Gasteiger partial charge in [0.1, 0.15) is 11.5 Å². The number of anilines is 2. The molecule has 0 radical (unpaired) electrons. The number of ether oxygens (including phenoxy) is 2. The summed E-state index contributed by atoms with van der Waals surface area (Å²) in [5.74, 6) is 1.07. The van der Waals surface area contributed by atoms with Gasteiger partial charge < -0.3 is 19.3 Å². The zero-order valence-corrected chi connectivity index (χ0v) is 19.3. The van der Waals surface area contributed by atoms with Gasteiger partial charge in [0.2, 0.25) is 0 Å². The molecule has 2 aliphatic heterocycles. The van der Waals surface area contributed by atoms with Crippen molar-refractivity contribution >= 4 is 17.3 Å². The fraction of sp³-hybridized carbons (Fsp3) is 0.250. The topological polar surface area (TPSA) is 42.0 Å². The number of carbonyl (C=O) groups excluding carboxylic acids is 1. The Kier molecular flexibility index (Phi) is 5.12. The zero-order chi connectivity index (χ0) is 23.2. The number of nitrogens with zero attached hydrogens (tertiary/aromatic N) is 2. The molecule has 0 saturated carbocycles. The molecule has 3 aromatic rings. The van der Waals surface area contributed by atoms with Crippen molar-refractivity contribution in [2.75, 3.05) is 29.4 Å². The van der Waals surface area contributed by atoms with E-state index in [2.05, 4.69) is 44.4 Å². The largest absolute Gasteiger partial charge is 0.456 e. The van der Waals surface area contributed by atoms with Crippen LogP contribution in [0.5, 0.6) is 11.5 Å². The van der Waals surface area contributed by atoms with Gasteiger partial charge in [-0.3, -0.25) is 0 Å². The standard InChI is InChI=1S/C28H28N2O3/c1-5-29(6-2)19-13-15-23-25(17-19)32-26-18-20(30(7-3)8-4)14-16-24(26)28(23)22-12-10-9-11-21(22)27(31)33-28/h5,9-18H,1,6-8H2,2-4H3. The minimum atomic E-state index is -1.04. The Labute approximate surface area is 194 Å². The zero-order valence-electron chi connectivity index (χ0n) is 19.3. The van der Waals surface area contributed by atoms with Crippen LogP contribution in [0.3, 0.4) is 0 Å². The maximum Gasteiger partial charge on any atom is 0.340 e. The first-order valence-electron chi connectivity index (χ1n) is 11.5. The Morgan fingerprint density at radius 2 is 1.48 bits per heavy atom. The van der Waals surface area contributed by atoms with Gasteiger partial charge in [-0.25, -0.2) is 4.79 Å². The van der Waals surface area contributed by atoms with E-state index in [9.17, 15) is 4.79 Å². The number of rotatable bonds is 6. The second-order valence-corrected chi connectivity index (χ2v) is 8.22. The highest BCUT2D eigenvalue weighted by Crippen LogP contribution is 2.57. The minimum Gasteiger partial charge on any atom is -0.456 e. The molecule has 2 heterocycles. The maximum absolute atomic E-state index is 13.0. The van der Waals surface area contributed by atoms with Gasteiger partial charge in [-0.1, -0.05) is 24.8 Å². The normalized spacial score (nSPS) is 17.5. The van der Waals surface area contributed by atoms with Crippen LogP contribution in [-0.4, -0.2) is 25.6 Å². The summed E-state index contributed by atoms with van der Waals surface area (Å²) < 4.78 is 12.7. The summed E-state index contributed by atoms with van der Waals surface area (Å²) in [4.78, 5) is 17.3. The number of hydrogen-bond acceptors (Lipinski definition) is 5. The molecule has 1 spiro atoms. The predicted molar refractivity (Wildman–Crippen MR) is 131 cm³/mol. The van der Waals surface area contributed by atoms with Gasteiger partial charge in [0.15, 0.2) is 5.60 Å². The van der Waals surface area contributed by atoms with Gasteiger partial charge >= 0.3 is 5.97 Å². The lowest BCUT2D eigenvalue weighted by atomic mass is 9.77. The van der Waals surface area contributed by atoms with Crippen molar-refractivity contribution in [1.82, 2.24) is 0 Å². The first-order chi connectivity index (χ1) is 16.1. The fourth-order valence-corrected chi connectivity index (χ4v) is 5.03. The van der Waals surface area contributed by atoms with Crippen molar-refractivity contribution in [3.05, 3.63) is 95.7 Å². The molecule has 0 amide bonds. The van der Waals surface area contributed by atoms with E-state index >= 15 is 0 Å². The molecule has 168 valence electrons. The van der Waals surface area contributed by atoms with Crippen molar-refractivity contribution in [1.29, 1.82) is 0 Å². The van der Waals surface area contributed by atoms with Crippen LogP contribution in [0.15, 0.2) is 73.4 Å². The monoisotopic (exact) mass is 440 g/mol. The highest BCUT2D eigenvalue weighted by Gasteiger charge is 2.53. The molecule has 33 heavy (non-hydrogen) atoms. The summed E-state index contributed by atoms with van der Waals surface area (Å²) in [6, 6.07) is 19.8. The summed E-state index contributed by atoms with van der Waals surface area (Å²) >= 11 is 0. The molecule has 1 atom stereocenters. The van der Waals surface area contributed by atoms with Crippen molar-refractivity contribution in [3.8, 4) is 11.5 Å².